The summed E-state index contributed by atoms with van der Waals surface area (Å²) in [4.78, 5) is 12.4. The van der Waals surface area contributed by atoms with Crippen molar-refractivity contribution in [2.24, 2.45) is 17.6 Å². The lowest BCUT2D eigenvalue weighted by atomic mass is 9.95. The van der Waals surface area contributed by atoms with Crippen molar-refractivity contribution >= 4 is 29.1 Å². The monoisotopic (exact) mass is 326 g/mol. The fourth-order valence-electron chi connectivity index (χ4n) is 3.01. The van der Waals surface area contributed by atoms with Gasteiger partial charge in [-0.05, 0) is 55.7 Å². The predicted molar refractivity (Wildman–Crippen MR) is 85.6 cm³/mol. The third-order valence-electron chi connectivity index (χ3n) is 4.81. The molecular weight excluding hydrogens is 307 g/mol. The average Bonchev–Trinajstić information content (AvgIpc) is 3.32. The van der Waals surface area contributed by atoms with Crippen LogP contribution in [-0.2, 0) is 4.79 Å². The molecule has 2 aliphatic carbocycles. The molecule has 5 heteroatoms. The van der Waals surface area contributed by atoms with Crippen LogP contribution >= 0.6 is 23.2 Å². The first-order valence-electron chi connectivity index (χ1n) is 7.41. The van der Waals surface area contributed by atoms with Gasteiger partial charge in [-0.2, -0.15) is 0 Å². The van der Waals surface area contributed by atoms with E-state index in [1.807, 2.05) is 12.1 Å². The topological polar surface area (TPSA) is 55.1 Å². The molecule has 1 aromatic carbocycles. The lowest BCUT2D eigenvalue weighted by Crippen LogP contribution is -2.53. The molecule has 2 saturated carbocycles. The zero-order valence-electron chi connectivity index (χ0n) is 12.0. The minimum atomic E-state index is -0.248. The molecule has 1 aromatic rings. The number of hydrogen-bond donors (Lipinski definition) is 2. The Morgan fingerprint density at radius 2 is 2.10 bits per heavy atom. The summed E-state index contributed by atoms with van der Waals surface area (Å²) in [5, 5.41) is 4.26. The van der Waals surface area contributed by atoms with Crippen molar-refractivity contribution in [1.29, 1.82) is 0 Å². The summed E-state index contributed by atoms with van der Waals surface area (Å²) in [5.41, 5.74) is 6.69. The van der Waals surface area contributed by atoms with Gasteiger partial charge in [0.1, 0.15) is 0 Å². The molecule has 0 aliphatic heterocycles. The van der Waals surface area contributed by atoms with Crippen molar-refractivity contribution in [1.82, 2.24) is 5.32 Å². The minimum Gasteiger partial charge on any atom is -0.349 e. The molecule has 2 fully saturated rings. The molecule has 0 heterocycles. The molecule has 3 unspecified atom stereocenters. The molecular formula is C16H20Cl2N2O. The van der Waals surface area contributed by atoms with E-state index < -0.39 is 0 Å². The van der Waals surface area contributed by atoms with E-state index in [1.54, 1.807) is 6.07 Å². The largest absolute Gasteiger partial charge is 0.349 e. The van der Waals surface area contributed by atoms with Crippen LogP contribution in [0.5, 0.6) is 0 Å². The molecule has 0 radical (unpaired) electrons. The molecule has 3 rings (SSSR count). The molecule has 114 valence electrons. The molecule has 0 spiro atoms. The Morgan fingerprint density at radius 3 is 2.67 bits per heavy atom. The summed E-state index contributed by atoms with van der Waals surface area (Å²) < 4.78 is 0. The van der Waals surface area contributed by atoms with E-state index >= 15 is 0 Å². The highest BCUT2D eigenvalue weighted by molar-refractivity contribution is 6.42. The van der Waals surface area contributed by atoms with Crippen molar-refractivity contribution in [3.63, 3.8) is 0 Å². The second-order valence-electron chi connectivity index (χ2n) is 6.51. The van der Waals surface area contributed by atoms with Gasteiger partial charge in [0, 0.05) is 12.5 Å². The molecule has 0 bridgehead atoms. The number of carbonyl (C=O) groups is 1. The number of nitrogens with one attached hydrogen (secondary N) is 1. The van der Waals surface area contributed by atoms with Crippen LogP contribution in [0.4, 0.5) is 0 Å². The number of rotatable bonds is 5. The van der Waals surface area contributed by atoms with Crippen LogP contribution in [0.3, 0.4) is 0 Å². The standard InChI is InChI=1S/C16H20Cl2N2O/c1-16(8-19,10-3-4-10)20-15(21)12-7-11(12)9-2-5-13(17)14(18)6-9/h2,5-6,10-12H,3-4,7-8,19H2,1H3,(H,20,21). The van der Waals surface area contributed by atoms with Gasteiger partial charge in [0.2, 0.25) is 5.91 Å². The molecule has 0 aromatic heterocycles. The van der Waals surface area contributed by atoms with Gasteiger partial charge in [0.05, 0.1) is 15.6 Å². The van der Waals surface area contributed by atoms with Crippen molar-refractivity contribution < 1.29 is 4.79 Å². The maximum absolute atomic E-state index is 12.4. The van der Waals surface area contributed by atoms with Gasteiger partial charge in [-0.3, -0.25) is 4.79 Å². The Morgan fingerprint density at radius 1 is 1.38 bits per heavy atom. The molecule has 2 aliphatic rings. The van der Waals surface area contributed by atoms with Crippen molar-refractivity contribution in [2.75, 3.05) is 6.54 Å². The summed E-state index contributed by atoms with van der Waals surface area (Å²) in [6.07, 6.45) is 3.19. The maximum Gasteiger partial charge on any atom is 0.224 e. The number of hydrogen-bond acceptors (Lipinski definition) is 2. The summed E-state index contributed by atoms with van der Waals surface area (Å²) in [6.45, 7) is 2.55. The second kappa shape index (κ2) is 5.45. The van der Waals surface area contributed by atoms with Crippen LogP contribution in [0.15, 0.2) is 18.2 Å². The maximum atomic E-state index is 12.4. The van der Waals surface area contributed by atoms with Crippen molar-refractivity contribution in [3.8, 4) is 0 Å². The first-order valence-corrected chi connectivity index (χ1v) is 8.17. The summed E-state index contributed by atoms with van der Waals surface area (Å²) in [5.74, 6) is 0.937. The van der Waals surface area contributed by atoms with Gasteiger partial charge in [-0.25, -0.2) is 0 Å². The fourth-order valence-corrected chi connectivity index (χ4v) is 3.32. The highest BCUT2D eigenvalue weighted by atomic mass is 35.5. The van der Waals surface area contributed by atoms with E-state index in [0.29, 0.717) is 22.5 Å². The molecule has 3 nitrogen and oxygen atoms in total. The summed E-state index contributed by atoms with van der Waals surface area (Å²) in [7, 11) is 0. The summed E-state index contributed by atoms with van der Waals surface area (Å²) in [6, 6.07) is 5.61. The Hall–Kier alpha value is -0.770. The van der Waals surface area contributed by atoms with E-state index in [9.17, 15) is 4.79 Å². The van der Waals surface area contributed by atoms with E-state index in [0.717, 1.165) is 24.8 Å². The lowest BCUT2D eigenvalue weighted by Gasteiger charge is -2.29. The zero-order valence-corrected chi connectivity index (χ0v) is 13.5. The van der Waals surface area contributed by atoms with Crippen LogP contribution < -0.4 is 11.1 Å². The van der Waals surface area contributed by atoms with Gasteiger partial charge in [0.15, 0.2) is 0 Å². The van der Waals surface area contributed by atoms with Gasteiger partial charge < -0.3 is 11.1 Å². The Bertz CT molecular complexity index is 573. The lowest BCUT2D eigenvalue weighted by molar-refractivity contribution is -0.124. The number of carbonyl (C=O) groups excluding carboxylic acids is 1. The average molecular weight is 327 g/mol. The highest BCUT2D eigenvalue weighted by Gasteiger charge is 2.48. The van der Waals surface area contributed by atoms with Crippen LogP contribution in [-0.4, -0.2) is 18.0 Å². The Balaban J connectivity index is 1.64. The highest BCUT2D eigenvalue weighted by Crippen LogP contribution is 2.49. The molecule has 3 N–H and O–H groups in total. The van der Waals surface area contributed by atoms with Gasteiger partial charge in [-0.15, -0.1) is 0 Å². The number of nitrogens with two attached hydrogens (primary N) is 1. The van der Waals surface area contributed by atoms with Gasteiger partial charge in [-0.1, -0.05) is 29.3 Å². The van der Waals surface area contributed by atoms with Crippen LogP contribution in [0.1, 0.15) is 37.7 Å². The SMILES string of the molecule is CC(CN)(NC(=O)C1CC1c1ccc(Cl)c(Cl)c1)C1CC1. The van der Waals surface area contributed by atoms with Gasteiger partial charge in [0.25, 0.3) is 0 Å². The molecule has 1 amide bonds. The van der Waals surface area contributed by atoms with Crippen LogP contribution in [0, 0.1) is 11.8 Å². The number of amides is 1. The van der Waals surface area contributed by atoms with Crippen molar-refractivity contribution in [2.45, 2.75) is 37.6 Å². The van der Waals surface area contributed by atoms with Crippen LogP contribution in [0.2, 0.25) is 10.0 Å². The first-order chi connectivity index (χ1) is 9.94. The summed E-state index contributed by atoms with van der Waals surface area (Å²) >= 11 is 12.0. The molecule has 21 heavy (non-hydrogen) atoms. The van der Waals surface area contributed by atoms with E-state index in [1.165, 1.54) is 0 Å². The minimum absolute atomic E-state index is 0.0341. The quantitative estimate of drug-likeness (QED) is 0.871. The van der Waals surface area contributed by atoms with Crippen molar-refractivity contribution in [3.05, 3.63) is 33.8 Å². The Kier molecular flexibility index (Phi) is 3.93. The smallest absolute Gasteiger partial charge is 0.224 e. The second-order valence-corrected chi connectivity index (χ2v) is 7.32. The van der Waals surface area contributed by atoms with E-state index in [2.05, 4.69) is 12.2 Å². The van der Waals surface area contributed by atoms with Crippen LogP contribution in [0.25, 0.3) is 0 Å². The number of halogens is 2. The third kappa shape index (κ3) is 3.05. The third-order valence-corrected chi connectivity index (χ3v) is 5.55. The van der Waals surface area contributed by atoms with Gasteiger partial charge >= 0.3 is 0 Å². The van der Waals surface area contributed by atoms with E-state index in [4.69, 9.17) is 28.9 Å². The zero-order chi connectivity index (χ0) is 15.2. The Labute approximate surface area is 135 Å². The normalized spacial score (nSPS) is 27.0. The van der Waals surface area contributed by atoms with E-state index in [-0.39, 0.29) is 23.3 Å². The fraction of sp³-hybridized carbons (Fsp3) is 0.562. The molecule has 0 saturated heterocycles. The molecule has 3 atom stereocenters. The predicted octanol–water partition coefficient (Wildman–Crippen LogP) is 3.34. The first kappa shape index (κ1) is 15.1. The number of benzene rings is 1.